The van der Waals surface area contributed by atoms with Crippen LogP contribution in [0.3, 0.4) is 0 Å². The van der Waals surface area contributed by atoms with Gasteiger partial charge in [-0.1, -0.05) is 6.92 Å². The van der Waals surface area contributed by atoms with Gasteiger partial charge in [-0.15, -0.1) is 0 Å². The lowest BCUT2D eigenvalue weighted by Gasteiger charge is -2.56. The van der Waals surface area contributed by atoms with Gasteiger partial charge in [0.15, 0.2) is 0 Å². The molecule has 0 aliphatic heterocycles. The Morgan fingerprint density at radius 1 is 1.14 bits per heavy atom. The van der Waals surface area contributed by atoms with E-state index in [1.165, 1.54) is 44.1 Å². The Labute approximate surface area is 175 Å². The van der Waals surface area contributed by atoms with E-state index in [4.69, 9.17) is 4.74 Å². The molecule has 0 atom stereocenters. The third kappa shape index (κ3) is 5.30. The van der Waals surface area contributed by atoms with E-state index in [1.807, 2.05) is 29.4 Å². The Kier molecular flexibility index (Phi) is 6.74. The van der Waals surface area contributed by atoms with Crippen LogP contribution in [0.2, 0.25) is 0 Å². The van der Waals surface area contributed by atoms with E-state index in [9.17, 15) is 4.79 Å². The molecule has 0 unspecified atom stereocenters. The molecule has 0 spiro atoms. The Morgan fingerprint density at radius 2 is 1.79 bits per heavy atom. The molecular weight excluding hydrogens is 362 g/mol. The van der Waals surface area contributed by atoms with E-state index >= 15 is 0 Å². The average Bonchev–Trinajstić information content (AvgIpc) is 2.70. The van der Waals surface area contributed by atoms with Crippen LogP contribution in [-0.4, -0.2) is 47.8 Å². The fourth-order valence-electron chi connectivity index (χ4n) is 6.31. The van der Waals surface area contributed by atoms with Crippen molar-refractivity contribution in [2.24, 2.45) is 17.8 Å². The molecule has 1 heterocycles. The normalized spacial score (nSPS) is 29.8. The van der Waals surface area contributed by atoms with E-state index in [0.717, 1.165) is 43.6 Å². The predicted molar refractivity (Wildman–Crippen MR) is 115 cm³/mol. The minimum Gasteiger partial charge on any atom is -0.373 e. The van der Waals surface area contributed by atoms with Gasteiger partial charge in [0, 0.05) is 32.0 Å². The van der Waals surface area contributed by atoms with Gasteiger partial charge in [-0.05, 0) is 93.2 Å². The number of pyridine rings is 1. The van der Waals surface area contributed by atoms with Crippen molar-refractivity contribution >= 4 is 6.03 Å². The maximum atomic E-state index is 12.6. The summed E-state index contributed by atoms with van der Waals surface area (Å²) in [4.78, 5) is 18.6. The molecule has 5 rings (SSSR count). The Bertz CT molecular complexity index is 628. The zero-order valence-corrected chi connectivity index (χ0v) is 17.9. The highest BCUT2D eigenvalue weighted by Crippen LogP contribution is 2.57. The van der Waals surface area contributed by atoms with Crippen LogP contribution in [0.15, 0.2) is 24.5 Å². The molecule has 5 heteroatoms. The molecule has 1 N–H and O–H groups in total. The highest BCUT2D eigenvalue weighted by Gasteiger charge is 2.51. The maximum Gasteiger partial charge on any atom is 0.317 e. The van der Waals surface area contributed by atoms with Gasteiger partial charge in [0.25, 0.3) is 0 Å². The minimum atomic E-state index is 0.0516. The summed E-state index contributed by atoms with van der Waals surface area (Å²) in [5.41, 5.74) is 1.40. The highest BCUT2D eigenvalue weighted by molar-refractivity contribution is 5.74. The summed E-state index contributed by atoms with van der Waals surface area (Å²) in [6.07, 6.45) is 14.6. The molecule has 4 aliphatic carbocycles. The SMILES string of the molecule is CCCN(CCOC12CC3CC(CC(C3)C1)C2)C(=O)NCCCc1ccncc1. The van der Waals surface area contributed by atoms with Crippen molar-refractivity contribution in [3.8, 4) is 0 Å². The highest BCUT2D eigenvalue weighted by atomic mass is 16.5. The third-order valence-electron chi connectivity index (χ3n) is 7.20. The molecule has 0 radical (unpaired) electrons. The number of amides is 2. The van der Waals surface area contributed by atoms with Crippen LogP contribution in [0.5, 0.6) is 0 Å². The van der Waals surface area contributed by atoms with E-state index < -0.39 is 0 Å². The van der Waals surface area contributed by atoms with Crippen LogP contribution in [0.1, 0.15) is 63.9 Å². The molecule has 29 heavy (non-hydrogen) atoms. The molecule has 0 aromatic carbocycles. The van der Waals surface area contributed by atoms with Crippen molar-refractivity contribution in [2.75, 3.05) is 26.2 Å². The number of hydrogen-bond acceptors (Lipinski definition) is 3. The molecule has 4 aliphatic rings. The molecule has 4 fully saturated rings. The first-order valence-corrected chi connectivity index (χ1v) is 11.7. The van der Waals surface area contributed by atoms with Gasteiger partial charge < -0.3 is 15.0 Å². The van der Waals surface area contributed by atoms with Crippen molar-refractivity contribution in [1.29, 1.82) is 0 Å². The van der Waals surface area contributed by atoms with Crippen molar-refractivity contribution in [3.63, 3.8) is 0 Å². The molecule has 5 nitrogen and oxygen atoms in total. The van der Waals surface area contributed by atoms with Crippen molar-refractivity contribution in [3.05, 3.63) is 30.1 Å². The van der Waals surface area contributed by atoms with Gasteiger partial charge in [0.1, 0.15) is 0 Å². The summed E-state index contributed by atoms with van der Waals surface area (Å²) in [6, 6.07) is 4.12. The number of aromatic nitrogens is 1. The van der Waals surface area contributed by atoms with Crippen molar-refractivity contribution < 1.29 is 9.53 Å². The first-order valence-electron chi connectivity index (χ1n) is 11.7. The van der Waals surface area contributed by atoms with Crippen molar-refractivity contribution in [2.45, 2.75) is 70.3 Å². The van der Waals surface area contributed by atoms with Crippen LogP contribution in [0, 0.1) is 17.8 Å². The van der Waals surface area contributed by atoms with Gasteiger partial charge in [-0.2, -0.15) is 0 Å². The second kappa shape index (κ2) is 9.46. The minimum absolute atomic E-state index is 0.0516. The number of nitrogens with zero attached hydrogens (tertiary/aromatic N) is 2. The molecular formula is C24H37N3O2. The van der Waals surface area contributed by atoms with E-state index in [1.54, 1.807) is 0 Å². The van der Waals surface area contributed by atoms with E-state index in [2.05, 4.69) is 17.2 Å². The summed E-state index contributed by atoms with van der Waals surface area (Å²) >= 11 is 0. The molecule has 4 saturated carbocycles. The molecule has 1 aromatic heterocycles. The van der Waals surface area contributed by atoms with E-state index in [0.29, 0.717) is 19.7 Å². The smallest absolute Gasteiger partial charge is 0.317 e. The monoisotopic (exact) mass is 399 g/mol. The largest absolute Gasteiger partial charge is 0.373 e. The Hall–Kier alpha value is -1.62. The summed E-state index contributed by atoms with van der Waals surface area (Å²) in [5.74, 6) is 2.70. The van der Waals surface area contributed by atoms with Crippen LogP contribution < -0.4 is 5.32 Å². The average molecular weight is 400 g/mol. The standard InChI is InChI=1S/C24H37N3O2/c1-2-10-27(23(28)26-7-3-4-19-5-8-25-9-6-19)11-12-29-24-16-20-13-21(17-24)15-22(14-20)18-24/h5-6,8-9,20-22H,2-4,7,10-18H2,1H3,(H,26,28). The number of hydrogen-bond donors (Lipinski definition) is 1. The second-order valence-corrected chi connectivity index (χ2v) is 9.63. The summed E-state index contributed by atoms with van der Waals surface area (Å²) in [7, 11) is 0. The maximum absolute atomic E-state index is 12.6. The van der Waals surface area contributed by atoms with Gasteiger partial charge in [0.05, 0.1) is 12.2 Å². The number of carbonyl (C=O) groups is 1. The predicted octanol–water partition coefficient (Wildman–Crippen LogP) is 4.42. The van der Waals surface area contributed by atoms with Crippen LogP contribution >= 0.6 is 0 Å². The lowest BCUT2D eigenvalue weighted by atomic mass is 9.54. The van der Waals surface area contributed by atoms with Gasteiger partial charge in [-0.25, -0.2) is 4.79 Å². The number of rotatable bonds is 10. The first-order chi connectivity index (χ1) is 14.2. The number of aryl methyl sites for hydroxylation is 1. The van der Waals surface area contributed by atoms with Crippen molar-refractivity contribution in [1.82, 2.24) is 15.2 Å². The molecule has 1 aromatic rings. The number of urea groups is 1. The number of carbonyl (C=O) groups excluding carboxylic acids is 1. The summed E-state index contributed by atoms with van der Waals surface area (Å²) in [5, 5.41) is 3.10. The van der Waals surface area contributed by atoms with Crippen LogP contribution in [0.4, 0.5) is 4.79 Å². The quantitative estimate of drug-likeness (QED) is 0.593. The molecule has 2 amide bonds. The lowest BCUT2D eigenvalue weighted by Crippen LogP contribution is -2.53. The van der Waals surface area contributed by atoms with Crippen LogP contribution in [-0.2, 0) is 11.2 Å². The first kappa shape index (κ1) is 20.6. The summed E-state index contributed by atoms with van der Waals surface area (Å²) in [6.45, 7) is 5.00. The van der Waals surface area contributed by atoms with Gasteiger partial charge in [0.2, 0.25) is 0 Å². The van der Waals surface area contributed by atoms with E-state index in [-0.39, 0.29) is 11.6 Å². The Morgan fingerprint density at radius 3 is 2.41 bits per heavy atom. The molecule has 160 valence electrons. The van der Waals surface area contributed by atoms with Gasteiger partial charge in [-0.3, -0.25) is 4.98 Å². The lowest BCUT2D eigenvalue weighted by molar-refractivity contribution is -0.163. The molecule has 4 bridgehead atoms. The zero-order valence-electron chi connectivity index (χ0n) is 17.9. The van der Waals surface area contributed by atoms with Crippen LogP contribution in [0.25, 0.3) is 0 Å². The summed E-state index contributed by atoms with van der Waals surface area (Å²) < 4.78 is 6.53. The second-order valence-electron chi connectivity index (χ2n) is 9.63. The topological polar surface area (TPSA) is 54.5 Å². The zero-order chi connectivity index (χ0) is 20.1. The molecule has 0 saturated heterocycles. The number of ether oxygens (including phenoxy) is 1. The fourth-order valence-corrected chi connectivity index (χ4v) is 6.31. The third-order valence-corrected chi connectivity index (χ3v) is 7.20. The Balaban J connectivity index is 1.19. The van der Waals surface area contributed by atoms with Gasteiger partial charge >= 0.3 is 6.03 Å². The fraction of sp³-hybridized carbons (Fsp3) is 0.750. The number of nitrogens with one attached hydrogen (secondary N) is 1.